The molecule has 1 N–H and O–H groups in total. The minimum absolute atomic E-state index is 0.0652. The predicted molar refractivity (Wildman–Crippen MR) is 80.3 cm³/mol. The van der Waals surface area contributed by atoms with E-state index in [-0.39, 0.29) is 28.2 Å². The smallest absolute Gasteiger partial charge is 0.335 e. The average Bonchev–Trinajstić information content (AvgIpc) is 2.37. The molecule has 5 nitrogen and oxygen atoms in total. The lowest BCUT2D eigenvalue weighted by Gasteiger charge is -2.17. The first-order chi connectivity index (χ1) is 9.62. The third-order valence-electron chi connectivity index (χ3n) is 2.95. The molecule has 1 aromatic rings. The highest BCUT2D eigenvalue weighted by Crippen LogP contribution is 2.18. The summed E-state index contributed by atoms with van der Waals surface area (Å²) in [5.74, 6) is -1.19. The number of sulfone groups is 1. The summed E-state index contributed by atoms with van der Waals surface area (Å²) in [6.07, 6.45) is 0.861. The van der Waals surface area contributed by atoms with E-state index in [1.807, 2.05) is 0 Å². The molecule has 1 aromatic carbocycles. The molecule has 0 spiro atoms. The van der Waals surface area contributed by atoms with Crippen molar-refractivity contribution in [3.63, 3.8) is 0 Å². The highest BCUT2D eigenvalue weighted by Gasteiger charge is 2.15. The molecule has 0 atom stereocenters. The molecular formula is C15H22O5S. The Bertz CT molecular complexity index is 567. The molecule has 0 aliphatic heterocycles. The van der Waals surface area contributed by atoms with Crippen molar-refractivity contribution < 1.29 is 23.1 Å². The third kappa shape index (κ3) is 6.27. The van der Waals surface area contributed by atoms with Crippen LogP contribution >= 0.6 is 0 Å². The summed E-state index contributed by atoms with van der Waals surface area (Å²) in [6.45, 7) is 6.95. The molecule has 0 saturated heterocycles. The molecule has 6 heteroatoms. The first-order valence-corrected chi connectivity index (χ1v) is 8.41. The zero-order valence-electron chi connectivity index (χ0n) is 12.6. The topological polar surface area (TPSA) is 80.7 Å². The lowest BCUT2D eigenvalue weighted by Crippen LogP contribution is -2.15. The minimum atomic E-state index is -3.44. The van der Waals surface area contributed by atoms with Gasteiger partial charge >= 0.3 is 5.97 Å². The Kier molecular flexibility index (Phi) is 5.92. The number of benzene rings is 1. The molecule has 0 bridgehead atoms. The highest BCUT2D eigenvalue weighted by atomic mass is 32.2. The van der Waals surface area contributed by atoms with Gasteiger partial charge in [0.25, 0.3) is 0 Å². The zero-order chi connectivity index (χ0) is 16.1. The Balaban J connectivity index is 2.52. The quantitative estimate of drug-likeness (QED) is 0.782. The summed E-state index contributed by atoms with van der Waals surface area (Å²) >= 11 is 0. The fourth-order valence-corrected chi connectivity index (χ4v) is 2.70. The summed E-state index contributed by atoms with van der Waals surface area (Å²) in [5, 5.41) is 8.78. The third-order valence-corrected chi connectivity index (χ3v) is 4.65. The molecule has 0 aliphatic rings. The van der Waals surface area contributed by atoms with Crippen LogP contribution in [0, 0.1) is 5.41 Å². The van der Waals surface area contributed by atoms with Crippen molar-refractivity contribution in [3.05, 3.63) is 29.8 Å². The van der Waals surface area contributed by atoms with Crippen LogP contribution in [-0.4, -0.2) is 38.5 Å². The Morgan fingerprint density at radius 2 is 1.71 bits per heavy atom. The number of carboxylic acid groups (broad SMARTS) is 1. The SMILES string of the molecule is CC(C)(C)CCOCCS(=O)(=O)c1ccc(C(=O)O)cc1. The summed E-state index contributed by atoms with van der Waals surface area (Å²) < 4.78 is 29.4. The maximum atomic E-state index is 12.0. The minimum Gasteiger partial charge on any atom is -0.478 e. The number of carboxylic acids is 1. The van der Waals surface area contributed by atoms with Gasteiger partial charge in [0.2, 0.25) is 0 Å². The van der Waals surface area contributed by atoms with Crippen molar-refractivity contribution in [2.45, 2.75) is 32.1 Å². The van der Waals surface area contributed by atoms with Crippen molar-refractivity contribution >= 4 is 15.8 Å². The highest BCUT2D eigenvalue weighted by molar-refractivity contribution is 7.91. The second-order valence-corrected chi connectivity index (χ2v) is 8.18. The average molecular weight is 314 g/mol. The van der Waals surface area contributed by atoms with Crippen molar-refractivity contribution in [3.8, 4) is 0 Å². The summed E-state index contributed by atoms with van der Waals surface area (Å²) in [6, 6.07) is 5.20. The number of carbonyl (C=O) groups is 1. The summed E-state index contributed by atoms with van der Waals surface area (Å²) in [4.78, 5) is 10.8. The molecule has 0 fully saturated rings. The van der Waals surface area contributed by atoms with E-state index in [2.05, 4.69) is 20.8 Å². The fourth-order valence-electron chi connectivity index (χ4n) is 1.57. The summed E-state index contributed by atoms with van der Waals surface area (Å²) in [7, 11) is -3.44. The number of hydrogen-bond acceptors (Lipinski definition) is 4. The molecule has 21 heavy (non-hydrogen) atoms. The Morgan fingerprint density at radius 1 is 1.14 bits per heavy atom. The van der Waals surface area contributed by atoms with Gasteiger partial charge in [-0.1, -0.05) is 20.8 Å². The van der Waals surface area contributed by atoms with E-state index in [1.165, 1.54) is 24.3 Å². The van der Waals surface area contributed by atoms with Gasteiger partial charge < -0.3 is 9.84 Å². The van der Waals surface area contributed by atoms with Crippen molar-refractivity contribution in [1.29, 1.82) is 0 Å². The number of aromatic carboxylic acids is 1. The Morgan fingerprint density at radius 3 is 2.19 bits per heavy atom. The van der Waals surface area contributed by atoms with Crippen LogP contribution in [-0.2, 0) is 14.6 Å². The summed E-state index contributed by atoms with van der Waals surface area (Å²) in [5.41, 5.74) is 0.223. The van der Waals surface area contributed by atoms with Crippen LogP contribution < -0.4 is 0 Å². The van der Waals surface area contributed by atoms with Gasteiger partial charge in [0.15, 0.2) is 9.84 Å². The van der Waals surface area contributed by atoms with Crippen LogP contribution in [0.1, 0.15) is 37.6 Å². The lowest BCUT2D eigenvalue weighted by molar-refractivity contribution is 0.0696. The van der Waals surface area contributed by atoms with Crippen LogP contribution in [0.15, 0.2) is 29.2 Å². The molecule has 0 heterocycles. The van der Waals surface area contributed by atoms with Gasteiger partial charge in [0.1, 0.15) is 0 Å². The van der Waals surface area contributed by atoms with Crippen LogP contribution in [0.2, 0.25) is 0 Å². The first kappa shape index (κ1) is 17.7. The zero-order valence-corrected chi connectivity index (χ0v) is 13.4. The molecule has 0 saturated carbocycles. The van der Waals surface area contributed by atoms with E-state index in [0.29, 0.717) is 6.61 Å². The van der Waals surface area contributed by atoms with Gasteiger partial charge in [0, 0.05) is 6.61 Å². The van der Waals surface area contributed by atoms with E-state index < -0.39 is 15.8 Å². The van der Waals surface area contributed by atoms with Crippen LogP contribution in [0.3, 0.4) is 0 Å². The van der Waals surface area contributed by atoms with Gasteiger partial charge in [-0.2, -0.15) is 0 Å². The van der Waals surface area contributed by atoms with Gasteiger partial charge in [0.05, 0.1) is 22.8 Å². The van der Waals surface area contributed by atoms with E-state index in [4.69, 9.17) is 9.84 Å². The van der Waals surface area contributed by atoms with E-state index >= 15 is 0 Å². The van der Waals surface area contributed by atoms with E-state index in [0.717, 1.165) is 6.42 Å². The van der Waals surface area contributed by atoms with Crippen molar-refractivity contribution in [2.75, 3.05) is 19.0 Å². The largest absolute Gasteiger partial charge is 0.478 e. The molecule has 1 rings (SSSR count). The number of ether oxygens (including phenoxy) is 1. The van der Waals surface area contributed by atoms with Crippen LogP contribution in [0.5, 0.6) is 0 Å². The van der Waals surface area contributed by atoms with E-state index in [9.17, 15) is 13.2 Å². The molecule has 0 aromatic heterocycles. The molecule has 0 amide bonds. The number of hydrogen-bond donors (Lipinski definition) is 1. The molecule has 0 aliphatic carbocycles. The second-order valence-electron chi connectivity index (χ2n) is 6.07. The normalized spacial score (nSPS) is 12.3. The van der Waals surface area contributed by atoms with Gasteiger partial charge in [-0.3, -0.25) is 0 Å². The fraction of sp³-hybridized carbons (Fsp3) is 0.533. The maximum absolute atomic E-state index is 12.0. The van der Waals surface area contributed by atoms with Gasteiger partial charge in [-0.05, 0) is 36.1 Å². The van der Waals surface area contributed by atoms with Gasteiger partial charge in [-0.15, -0.1) is 0 Å². The molecule has 118 valence electrons. The number of rotatable bonds is 7. The maximum Gasteiger partial charge on any atom is 0.335 e. The van der Waals surface area contributed by atoms with E-state index in [1.54, 1.807) is 0 Å². The molecular weight excluding hydrogens is 292 g/mol. The molecule has 0 unspecified atom stereocenters. The van der Waals surface area contributed by atoms with Crippen LogP contribution in [0.4, 0.5) is 0 Å². The first-order valence-electron chi connectivity index (χ1n) is 6.76. The van der Waals surface area contributed by atoms with Crippen molar-refractivity contribution in [2.24, 2.45) is 5.41 Å². The standard InChI is InChI=1S/C15H22O5S/c1-15(2,3)8-9-20-10-11-21(18,19)13-6-4-12(5-7-13)14(16)17/h4-7H,8-11H2,1-3H3,(H,16,17). The second kappa shape index (κ2) is 7.04. The van der Waals surface area contributed by atoms with Crippen LogP contribution in [0.25, 0.3) is 0 Å². The predicted octanol–water partition coefficient (Wildman–Crippen LogP) is 2.61. The van der Waals surface area contributed by atoms with Crippen molar-refractivity contribution in [1.82, 2.24) is 0 Å². The Labute approximate surface area is 125 Å². The monoisotopic (exact) mass is 314 g/mol. The Hall–Kier alpha value is -1.40. The van der Waals surface area contributed by atoms with Gasteiger partial charge in [-0.25, -0.2) is 13.2 Å². The lowest BCUT2D eigenvalue weighted by atomic mass is 9.93. The molecule has 0 radical (unpaired) electrons.